The highest BCUT2D eigenvalue weighted by Gasteiger charge is 2.21. The van der Waals surface area contributed by atoms with Crippen molar-refractivity contribution in [2.45, 2.75) is 19.8 Å². The number of rotatable bonds is 1. The molecule has 0 amide bonds. The van der Waals surface area contributed by atoms with Gasteiger partial charge in [-0.1, -0.05) is 0 Å². The van der Waals surface area contributed by atoms with Crippen LogP contribution in [-0.4, -0.2) is 18.1 Å². The van der Waals surface area contributed by atoms with Crippen molar-refractivity contribution < 1.29 is 0 Å². The molecule has 1 aliphatic rings. The van der Waals surface area contributed by atoms with E-state index in [9.17, 15) is 0 Å². The molecule has 0 aromatic carbocycles. The van der Waals surface area contributed by atoms with Gasteiger partial charge in [-0.25, -0.2) is 0 Å². The van der Waals surface area contributed by atoms with Gasteiger partial charge >= 0.3 is 0 Å². The average Bonchev–Trinajstić information content (AvgIpc) is 2.07. The standard InChI is InChI=1S/C9H14N2/c1-6-3-7(2)11-9(6)8-4-10-5-8/h3,8,10-11H,4-5H2,1-2H3. The zero-order valence-electron chi connectivity index (χ0n) is 7.07. The first kappa shape index (κ1) is 6.92. The van der Waals surface area contributed by atoms with E-state index in [1.807, 2.05) is 0 Å². The van der Waals surface area contributed by atoms with Crippen LogP contribution in [0.1, 0.15) is 22.9 Å². The highest BCUT2D eigenvalue weighted by molar-refractivity contribution is 5.28. The predicted molar refractivity (Wildman–Crippen MR) is 45.9 cm³/mol. The van der Waals surface area contributed by atoms with E-state index in [-0.39, 0.29) is 0 Å². The van der Waals surface area contributed by atoms with Crippen LogP contribution in [0.25, 0.3) is 0 Å². The van der Waals surface area contributed by atoms with Crippen LogP contribution < -0.4 is 5.32 Å². The molecule has 1 fully saturated rings. The molecule has 1 saturated heterocycles. The van der Waals surface area contributed by atoms with Crippen molar-refractivity contribution in [1.82, 2.24) is 10.3 Å². The summed E-state index contributed by atoms with van der Waals surface area (Å²) in [6.07, 6.45) is 0. The molecule has 60 valence electrons. The Morgan fingerprint density at radius 1 is 1.36 bits per heavy atom. The van der Waals surface area contributed by atoms with Crippen LogP contribution in [0.15, 0.2) is 6.07 Å². The van der Waals surface area contributed by atoms with E-state index in [0.29, 0.717) is 0 Å². The Morgan fingerprint density at radius 2 is 2.09 bits per heavy atom. The van der Waals surface area contributed by atoms with Gasteiger partial charge in [0.2, 0.25) is 0 Å². The molecule has 2 heterocycles. The van der Waals surface area contributed by atoms with Crippen molar-refractivity contribution in [2.24, 2.45) is 0 Å². The van der Waals surface area contributed by atoms with Crippen LogP contribution >= 0.6 is 0 Å². The van der Waals surface area contributed by atoms with Crippen LogP contribution in [0, 0.1) is 13.8 Å². The summed E-state index contributed by atoms with van der Waals surface area (Å²) in [5.74, 6) is 0.740. The Bertz CT molecular complexity index is 259. The van der Waals surface area contributed by atoms with Crippen molar-refractivity contribution in [3.8, 4) is 0 Å². The first-order valence-electron chi connectivity index (χ1n) is 4.14. The fourth-order valence-corrected chi connectivity index (χ4v) is 1.67. The Hall–Kier alpha value is -0.760. The van der Waals surface area contributed by atoms with Crippen LogP contribution in [0.5, 0.6) is 0 Å². The minimum absolute atomic E-state index is 0.740. The van der Waals surface area contributed by atoms with Crippen LogP contribution in [0.3, 0.4) is 0 Å². The van der Waals surface area contributed by atoms with Gasteiger partial charge in [-0.3, -0.25) is 0 Å². The number of hydrogen-bond acceptors (Lipinski definition) is 1. The molecular weight excluding hydrogens is 136 g/mol. The summed E-state index contributed by atoms with van der Waals surface area (Å²) >= 11 is 0. The molecule has 1 aromatic rings. The second-order valence-electron chi connectivity index (χ2n) is 3.40. The molecule has 0 unspecified atom stereocenters. The summed E-state index contributed by atoms with van der Waals surface area (Å²) in [6, 6.07) is 2.22. The van der Waals surface area contributed by atoms with E-state index in [0.717, 1.165) is 19.0 Å². The lowest BCUT2D eigenvalue weighted by Crippen LogP contribution is -2.40. The molecule has 0 radical (unpaired) electrons. The van der Waals surface area contributed by atoms with Gasteiger partial charge in [-0.15, -0.1) is 0 Å². The fraction of sp³-hybridized carbons (Fsp3) is 0.556. The largest absolute Gasteiger partial charge is 0.362 e. The second-order valence-corrected chi connectivity index (χ2v) is 3.40. The lowest BCUT2D eigenvalue weighted by Gasteiger charge is -2.26. The second kappa shape index (κ2) is 2.38. The number of hydrogen-bond donors (Lipinski definition) is 2. The smallest absolute Gasteiger partial charge is 0.0242 e. The SMILES string of the molecule is Cc1cc(C)c(C2CNC2)[nH]1. The maximum absolute atomic E-state index is 3.41. The van der Waals surface area contributed by atoms with Crippen molar-refractivity contribution >= 4 is 0 Å². The molecule has 0 aliphatic carbocycles. The molecule has 1 aromatic heterocycles. The molecule has 0 atom stereocenters. The summed E-state index contributed by atoms with van der Waals surface area (Å²) < 4.78 is 0. The number of H-pyrrole nitrogens is 1. The van der Waals surface area contributed by atoms with Crippen molar-refractivity contribution in [3.05, 3.63) is 23.0 Å². The van der Waals surface area contributed by atoms with Crippen molar-refractivity contribution in [3.63, 3.8) is 0 Å². The Kier molecular flexibility index (Phi) is 1.50. The maximum atomic E-state index is 3.41. The Balaban J connectivity index is 2.28. The number of nitrogens with one attached hydrogen (secondary N) is 2. The van der Waals surface area contributed by atoms with Gasteiger partial charge in [-0.2, -0.15) is 0 Å². The lowest BCUT2D eigenvalue weighted by molar-refractivity contribution is 0.439. The van der Waals surface area contributed by atoms with E-state index in [1.165, 1.54) is 17.0 Å². The summed E-state index contributed by atoms with van der Waals surface area (Å²) in [6.45, 7) is 6.57. The Labute approximate surface area is 67.0 Å². The Morgan fingerprint density at radius 3 is 2.45 bits per heavy atom. The number of aromatic amines is 1. The van der Waals surface area contributed by atoms with Gasteiger partial charge in [0.1, 0.15) is 0 Å². The molecule has 1 aliphatic heterocycles. The first-order valence-corrected chi connectivity index (χ1v) is 4.14. The molecule has 2 nitrogen and oxygen atoms in total. The van der Waals surface area contributed by atoms with Gasteiger partial charge in [0.15, 0.2) is 0 Å². The van der Waals surface area contributed by atoms with E-state index >= 15 is 0 Å². The average molecular weight is 150 g/mol. The minimum Gasteiger partial charge on any atom is -0.362 e. The van der Waals surface area contributed by atoms with Crippen LogP contribution in [-0.2, 0) is 0 Å². The first-order chi connectivity index (χ1) is 5.27. The molecule has 0 spiro atoms. The summed E-state index contributed by atoms with van der Waals surface area (Å²) in [5.41, 5.74) is 4.12. The molecule has 0 saturated carbocycles. The summed E-state index contributed by atoms with van der Waals surface area (Å²) in [7, 11) is 0. The van der Waals surface area contributed by atoms with Gasteiger partial charge in [0.25, 0.3) is 0 Å². The van der Waals surface area contributed by atoms with Crippen molar-refractivity contribution in [2.75, 3.05) is 13.1 Å². The fourth-order valence-electron chi connectivity index (χ4n) is 1.67. The molecule has 11 heavy (non-hydrogen) atoms. The predicted octanol–water partition coefficient (Wildman–Crippen LogP) is 1.32. The van der Waals surface area contributed by atoms with E-state index in [4.69, 9.17) is 0 Å². The summed E-state index contributed by atoms with van der Waals surface area (Å²) in [4.78, 5) is 3.41. The van der Waals surface area contributed by atoms with Gasteiger partial charge in [0.05, 0.1) is 0 Å². The molecule has 2 heteroatoms. The van der Waals surface area contributed by atoms with Gasteiger partial charge in [0, 0.05) is 30.4 Å². The number of aryl methyl sites for hydroxylation is 2. The molecule has 2 rings (SSSR count). The summed E-state index contributed by atoms with van der Waals surface area (Å²) in [5, 5.41) is 3.28. The zero-order chi connectivity index (χ0) is 7.84. The molecule has 2 N–H and O–H groups in total. The third-order valence-corrected chi connectivity index (χ3v) is 2.38. The normalized spacial score (nSPS) is 18.4. The minimum atomic E-state index is 0.740. The topological polar surface area (TPSA) is 27.8 Å². The van der Waals surface area contributed by atoms with E-state index < -0.39 is 0 Å². The highest BCUT2D eigenvalue weighted by atomic mass is 15.0. The third-order valence-electron chi connectivity index (χ3n) is 2.38. The molecular formula is C9H14N2. The third kappa shape index (κ3) is 1.07. The molecule has 0 bridgehead atoms. The van der Waals surface area contributed by atoms with E-state index in [1.54, 1.807) is 0 Å². The maximum Gasteiger partial charge on any atom is 0.0242 e. The number of aromatic nitrogens is 1. The van der Waals surface area contributed by atoms with Crippen molar-refractivity contribution in [1.29, 1.82) is 0 Å². The van der Waals surface area contributed by atoms with E-state index in [2.05, 4.69) is 30.2 Å². The monoisotopic (exact) mass is 150 g/mol. The van der Waals surface area contributed by atoms with Gasteiger partial charge < -0.3 is 10.3 Å². The quantitative estimate of drug-likeness (QED) is 0.621. The van der Waals surface area contributed by atoms with Crippen LogP contribution in [0.4, 0.5) is 0 Å². The lowest BCUT2D eigenvalue weighted by atomic mass is 9.97. The highest BCUT2D eigenvalue weighted by Crippen LogP contribution is 2.22. The van der Waals surface area contributed by atoms with Gasteiger partial charge in [-0.05, 0) is 25.5 Å². The van der Waals surface area contributed by atoms with Crippen LogP contribution in [0.2, 0.25) is 0 Å². The zero-order valence-corrected chi connectivity index (χ0v) is 7.07.